The van der Waals surface area contributed by atoms with Crippen LogP contribution in [-0.4, -0.2) is 53.2 Å². The topological polar surface area (TPSA) is 127 Å². The van der Waals surface area contributed by atoms with Gasteiger partial charge in [-0.15, -0.1) is 10.2 Å². The van der Waals surface area contributed by atoms with Crippen LogP contribution in [0.25, 0.3) is 0 Å². The molecule has 2 N–H and O–H groups in total. The number of nitrogens with one attached hydrogen (secondary N) is 1. The van der Waals surface area contributed by atoms with Gasteiger partial charge in [0, 0.05) is 17.7 Å². The molecule has 0 saturated carbocycles. The second kappa shape index (κ2) is 6.19. The summed E-state index contributed by atoms with van der Waals surface area (Å²) in [5.41, 5.74) is 0. The normalized spacial score (nSPS) is 13.9. The Morgan fingerprint density at radius 2 is 2.22 bits per heavy atom. The van der Waals surface area contributed by atoms with E-state index >= 15 is 0 Å². The number of carbonyl (C=O) groups excluding carboxylic acids is 1. The first-order valence-electron chi connectivity index (χ1n) is 4.96. The molecule has 0 aliphatic rings. The number of carboxylic acids is 1. The molecule has 1 aromatic rings. The lowest BCUT2D eigenvalue weighted by Crippen LogP contribution is -2.43. The molecule has 0 aliphatic carbocycles. The van der Waals surface area contributed by atoms with Crippen molar-refractivity contribution in [2.45, 2.75) is 18.7 Å². The van der Waals surface area contributed by atoms with Crippen molar-refractivity contribution in [2.75, 3.05) is 5.75 Å². The molecule has 0 radical (unpaired) electrons. The first-order chi connectivity index (χ1) is 8.38. The third-order valence-corrected chi connectivity index (χ3v) is 3.15. The average molecular weight is 275 g/mol. The number of aliphatic carboxylic acids is 1. The van der Waals surface area contributed by atoms with Crippen LogP contribution in [0.15, 0.2) is 0 Å². The van der Waals surface area contributed by atoms with Gasteiger partial charge in [0.05, 0.1) is 18.6 Å². The van der Waals surface area contributed by atoms with Crippen molar-refractivity contribution in [2.24, 2.45) is 7.05 Å². The Morgan fingerprint density at radius 1 is 1.56 bits per heavy atom. The van der Waals surface area contributed by atoms with Crippen LogP contribution >= 0.6 is 0 Å². The summed E-state index contributed by atoms with van der Waals surface area (Å²) in [4.78, 5) is 22.8. The number of nitrogens with zero attached hydrogens (tertiary/aromatic N) is 4. The quantitative estimate of drug-likeness (QED) is 0.617. The number of aryl methyl sites for hydroxylation is 1. The van der Waals surface area contributed by atoms with Crippen molar-refractivity contribution in [1.29, 1.82) is 0 Å². The molecule has 0 aromatic carbocycles. The standard InChI is InChI=1S/C8H13N5O4S/c1-5(14)9-6(8(15)16)3-18(17)4-7-10-12-13(2)11-7/h6H,3-4H2,1-2H3,(H,9,14)(H,15,16)/t6-,18?/m0/s1. The number of carboxylic acid groups (broad SMARTS) is 1. The second-order valence-corrected chi connectivity index (χ2v) is 5.04. The van der Waals surface area contributed by atoms with Crippen molar-refractivity contribution in [3.8, 4) is 0 Å². The fourth-order valence-electron chi connectivity index (χ4n) is 1.19. The lowest BCUT2D eigenvalue weighted by atomic mass is 10.3. The summed E-state index contributed by atoms with van der Waals surface area (Å²) >= 11 is 0. The van der Waals surface area contributed by atoms with Gasteiger partial charge in [-0.05, 0) is 5.21 Å². The molecular weight excluding hydrogens is 262 g/mol. The van der Waals surface area contributed by atoms with Gasteiger partial charge in [-0.1, -0.05) is 0 Å². The molecule has 2 atom stereocenters. The molecule has 1 rings (SSSR count). The van der Waals surface area contributed by atoms with E-state index in [1.807, 2.05) is 0 Å². The van der Waals surface area contributed by atoms with Crippen LogP contribution in [-0.2, 0) is 33.2 Å². The lowest BCUT2D eigenvalue weighted by molar-refractivity contribution is -0.140. The van der Waals surface area contributed by atoms with Gasteiger partial charge in [0.15, 0.2) is 5.82 Å². The van der Waals surface area contributed by atoms with Crippen LogP contribution in [0, 0.1) is 0 Å². The summed E-state index contributed by atoms with van der Waals surface area (Å²) in [5, 5.41) is 22.1. The van der Waals surface area contributed by atoms with Crippen LogP contribution in [0.2, 0.25) is 0 Å². The average Bonchev–Trinajstić information content (AvgIpc) is 2.62. The second-order valence-electron chi connectivity index (χ2n) is 3.54. The molecule has 0 saturated heterocycles. The molecule has 9 nitrogen and oxygen atoms in total. The summed E-state index contributed by atoms with van der Waals surface area (Å²) < 4.78 is 11.7. The Labute approximate surface area is 105 Å². The van der Waals surface area contributed by atoms with Crippen molar-refractivity contribution in [3.05, 3.63) is 5.82 Å². The predicted molar refractivity (Wildman–Crippen MR) is 60.8 cm³/mol. The predicted octanol–water partition coefficient (Wildman–Crippen LogP) is -1.95. The van der Waals surface area contributed by atoms with E-state index in [-0.39, 0.29) is 17.3 Å². The van der Waals surface area contributed by atoms with E-state index in [9.17, 15) is 13.8 Å². The van der Waals surface area contributed by atoms with Crippen LogP contribution < -0.4 is 5.32 Å². The number of hydrogen-bond donors (Lipinski definition) is 2. The Hall–Kier alpha value is -1.84. The molecule has 1 amide bonds. The van der Waals surface area contributed by atoms with Crippen LogP contribution in [0.4, 0.5) is 0 Å². The van der Waals surface area contributed by atoms with Crippen molar-refractivity contribution in [1.82, 2.24) is 25.5 Å². The molecule has 0 aliphatic heterocycles. The number of hydrogen-bond acceptors (Lipinski definition) is 6. The maximum absolute atomic E-state index is 11.7. The summed E-state index contributed by atoms with van der Waals surface area (Å²) in [7, 11) is 0.0676. The molecule has 0 spiro atoms. The molecular formula is C8H13N5O4S. The fourth-order valence-corrected chi connectivity index (χ4v) is 2.31. The highest BCUT2D eigenvalue weighted by atomic mass is 32.2. The monoisotopic (exact) mass is 275 g/mol. The van der Waals surface area contributed by atoms with Gasteiger partial charge in [-0.25, -0.2) is 4.79 Å². The molecule has 100 valence electrons. The van der Waals surface area contributed by atoms with Gasteiger partial charge in [0.1, 0.15) is 6.04 Å². The smallest absolute Gasteiger partial charge is 0.327 e. The van der Waals surface area contributed by atoms with Gasteiger partial charge in [0.25, 0.3) is 0 Å². The number of amides is 1. The Balaban J connectivity index is 2.56. The molecule has 1 aromatic heterocycles. The van der Waals surface area contributed by atoms with Gasteiger partial charge in [-0.2, -0.15) is 4.80 Å². The zero-order valence-corrected chi connectivity index (χ0v) is 10.7. The SMILES string of the molecule is CC(=O)N[C@@H](CS(=O)Cc1nnn(C)n1)C(=O)O. The molecule has 18 heavy (non-hydrogen) atoms. The first kappa shape index (κ1) is 14.2. The Morgan fingerprint density at radius 3 is 2.67 bits per heavy atom. The zero-order chi connectivity index (χ0) is 13.7. The fraction of sp³-hybridized carbons (Fsp3) is 0.625. The van der Waals surface area contributed by atoms with E-state index in [2.05, 4.69) is 20.7 Å². The van der Waals surface area contributed by atoms with Crippen molar-refractivity contribution < 1.29 is 18.9 Å². The third kappa shape index (κ3) is 4.57. The molecule has 0 bridgehead atoms. The maximum Gasteiger partial charge on any atom is 0.327 e. The third-order valence-electron chi connectivity index (χ3n) is 1.87. The van der Waals surface area contributed by atoms with E-state index in [4.69, 9.17) is 5.11 Å². The van der Waals surface area contributed by atoms with E-state index in [1.54, 1.807) is 7.05 Å². The van der Waals surface area contributed by atoms with Crippen LogP contribution in [0.5, 0.6) is 0 Å². The minimum absolute atomic E-state index is 0.00277. The summed E-state index contributed by atoms with van der Waals surface area (Å²) in [6.45, 7) is 1.20. The summed E-state index contributed by atoms with van der Waals surface area (Å²) in [6, 6.07) is -1.18. The minimum atomic E-state index is -1.50. The number of tetrazole rings is 1. The summed E-state index contributed by atoms with van der Waals surface area (Å²) in [6.07, 6.45) is 0. The van der Waals surface area contributed by atoms with E-state index < -0.39 is 28.7 Å². The zero-order valence-electron chi connectivity index (χ0n) is 9.86. The highest BCUT2D eigenvalue weighted by Gasteiger charge is 2.22. The highest BCUT2D eigenvalue weighted by molar-refractivity contribution is 7.84. The largest absolute Gasteiger partial charge is 0.480 e. The molecule has 1 unspecified atom stereocenters. The summed E-state index contributed by atoms with van der Waals surface area (Å²) in [5.74, 6) is -1.66. The first-order valence-corrected chi connectivity index (χ1v) is 6.45. The van der Waals surface area contributed by atoms with Gasteiger partial charge >= 0.3 is 5.97 Å². The van der Waals surface area contributed by atoms with Gasteiger partial charge in [-0.3, -0.25) is 9.00 Å². The van der Waals surface area contributed by atoms with E-state index in [0.717, 1.165) is 0 Å². The van der Waals surface area contributed by atoms with E-state index in [0.29, 0.717) is 0 Å². The molecule has 10 heteroatoms. The van der Waals surface area contributed by atoms with Crippen LogP contribution in [0.1, 0.15) is 12.7 Å². The van der Waals surface area contributed by atoms with Crippen molar-refractivity contribution >= 4 is 22.7 Å². The maximum atomic E-state index is 11.7. The van der Waals surface area contributed by atoms with Crippen molar-refractivity contribution in [3.63, 3.8) is 0 Å². The van der Waals surface area contributed by atoms with Gasteiger partial charge < -0.3 is 10.4 Å². The Kier molecular flexibility index (Phi) is 4.89. The van der Waals surface area contributed by atoms with Crippen LogP contribution in [0.3, 0.4) is 0 Å². The lowest BCUT2D eigenvalue weighted by Gasteiger charge is -2.11. The number of aromatic nitrogens is 4. The highest BCUT2D eigenvalue weighted by Crippen LogP contribution is 1.98. The number of rotatable bonds is 6. The molecule has 0 fully saturated rings. The van der Waals surface area contributed by atoms with E-state index in [1.165, 1.54) is 11.7 Å². The Bertz CT molecular complexity index is 474. The minimum Gasteiger partial charge on any atom is -0.480 e. The number of carbonyl (C=O) groups is 2. The van der Waals surface area contributed by atoms with Gasteiger partial charge in [0.2, 0.25) is 5.91 Å². The molecule has 1 heterocycles.